The molecule has 1 aromatic heterocycles. The fourth-order valence-electron chi connectivity index (χ4n) is 2.15. The second-order valence-electron chi connectivity index (χ2n) is 5.12. The highest BCUT2D eigenvalue weighted by atomic mass is 35.5. The van der Waals surface area contributed by atoms with E-state index >= 15 is 0 Å². The summed E-state index contributed by atoms with van der Waals surface area (Å²) < 4.78 is 0. The summed E-state index contributed by atoms with van der Waals surface area (Å²) in [6, 6.07) is 11.1. The molecule has 1 N–H and O–H groups in total. The highest BCUT2D eigenvalue weighted by Gasteiger charge is 2.20. The Morgan fingerprint density at radius 3 is 2.84 bits per heavy atom. The van der Waals surface area contributed by atoms with Gasteiger partial charge in [0.1, 0.15) is 0 Å². The maximum absolute atomic E-state index is 6.25. The zero-order valence-corrected chi connectivity index (χ0v) is 11.5. The lowest BCUT2D eigenvalue weighted by Crippen LogP contribution is -2.15. The van der Waals surface area contributed by atoms with Gasteiger partial charge in [-0.2, -0.15) is 0 Å². The van der Waals surface area contributed by atoms with Crippen LogP contribution < -0.4 is 5.32 Å². The van der Waals surface area contributed by atoms with E-state index in [4.69, 9.17) is 11.6 Å². The number of nitrogens with one attached hydrogen (secondary N) is 1. The Balaban J connectivity index is 1.72. The molecule has 2 nitrogen and oxygen atoms in total. The van der Waals surface area contributed by atoms with Gasteiger partial charge in [-0.15, -0.1) is 0 Å². The molecule has 0 spiro atoms. The Morgan fingerprint density at radius 1 is 1.21 bits per heavy atom. The summed E-state index contributed by atoms with van der Waals surface area (Å²) in [5, 5.41) is 4.36. The molecule has 2 aromatic rings. The number of hydrogen-bond acceptors (Lipinski definition) is 2. The predicted molar refractivity (Wildman–Crippen MR) is 78.4 cm³/mol. The fraction of sp³-hybridized carbons (Fsp3) is 0.312. The van der Waals surface area contributed by atoms with Crippen molar-refractivity contribution in [3.8, 4) is 0 Å². The standard InChI is InChI=1S/C16H17ClN2/c17-16-6-3-12(8-13-2-1-7-18-10-13)9-14(16)11-19-15-4-5-15/h1-3,6-7,9-10,15,19H,4-5,8,11H2. The van der Waals surface area contributed by atoms with Crippen LogP contribution in [0.3, 0.4) is 0 Å². The number of nitrogens with zero attached hydrogens (tertiary/aromatic N) is 1. The summed E-state index contributed by atoms with van der Waals surface area (Å²) in [4.78, 5) is 4.15. The predicted octanol–water partition coefficient (Wildman–Crippen LogP) is 3.58. The van der Waals surface area contributed by atoms with Crippen LogP contribution in [0.1, 0.15) is 29.5 Å². The van der Waals surface area contributed by atoms with Gasteiger partial charge in [0.05, 0.1) is 0 Å². The van der Waals surface area contributed by atoms with Crippen LogP contribution in [0, 0.1) is 0 Å². The van der Waals surface area contributed by atoms with Crippen molar-refractivity contribution in [3.05, 3.63) is 64.4 Å². The quantitative estimate of drug-likeness (QED) is 0.900. The summed E-state index contributed by atoms with van der Waals surface area (Å²) in [7, 11) is 0. The molecule has 98 valence electrons. The van der Waals surface area contributed by atoms with E-state index in [1.54, 1.807) is 6.20 Å². The molecule has 0 bridgehead atoms. The molecule has 0 aliphatic heterocycles. The minimum absolute atomic E-state index is 0.707. The van der Waals surface area contributed by atoms with E-state index in [-0.39, 0.29) is 0 Å². The van der Waals surface area contributed by atoms with E-state index in [0.29, 0.717) is 6.04 Å². The average molecular weight is 273 g/mol. The molecule has 1 aliphatic carbocycles. The molecule has 1 heterocycles. The first-order chi connectivity index (χ1) is 9.31. The average Bonchev–Trinajstić information content (AvgIpc) is 3.25. The van der Waals surface area contributed by atoms with Crippen LogP contribution in [0.15, 0.2) is 42.7 Å². The Bertz CT molecular complexity index is 550. The van der Waals surface area contributed by atoms with Gasteiger partial charge >= 0.3 is 0 Å². The smallest absolute Gasteiger partial charge is 0.0451 e. The lowest BCUT2D eigenvalue weighted by Gasteiger charge is -2.09. The Morgan fingerprint density at radius 2 is 2.11 bits per heavy atom. The third-order valence-corrected chi connectivity index (χ3v) is 3.77. The SMILES string of the molecule is Clc1ccc(Cc2cccnc2)cc1CNC1CC1. The van der Waals surface area contributed by atoms with E-state index in [2.05, 4.69) is 28.5 Å². The van der Waals surface area contributed by atoms with Crippen molar-refractivity contribution in [3.63, 3.8) is 0 Å². The molecular weight excluding hydrogens is 256 g/mol. The van der Waals surface area contributed by atoms with Crippen LogP contribution >= 0.6 is 11.6 Å². The van der Waals surface area contributed by atoms with Gasteiger partial charge < -0.3 is 5.32 Å². The van der Waals surface area contributed by atoms with Gasteiger partial charge in [-0.25, -0.2) is 0 Å². The van der Waals surface area contributed by atoms with Gasteiger partial charge in [-0.05, 0) is 48.1 Å². The molecule has 1 saturated carbocycles. The van der Waals surface area contributed by atoms with Crippen molar-refractivity contribution in [1.29, 1.82) is 0 Å². The van der Waals surface area contributed by atoms with Gasteiger partial charge in [-0.1, -0.05) is 29.8 Å². The van der Waals surface area contributed by atoms with E-state index in [0.717, 1.165) is 18.0 Å². The van der Waals surface area contributed by atoms with Crippen molar-refractivity contribution in [2.45, 2.75) is 31.8 Å². The maximum Gasteiger partial charge on any atom is 0.0451 e. The topological polar surface area (TPSA) is 24.9 Å². The first kappa shape index (κ1) is 12.6. The first-order valence-corrected chi connectivity index (χ1v) is 7.08. The van der Waals surface area contributed by atoms with Gasteiger partial charge in [0.2, 0.25) is 0 Å². The van der Waals surface area contributed by atoms with Crippen LogP contribution in [-0.2, 0) is 13.0 Å². The summed E-state index contributed by atoms with van der Waals surface area (Å²) in [5.74, 6) is 0. The Labute approximate surface area is 118 Å². The van der Waals surface area contributed by atoms with E-state index < -0.39 is 0 Å². The molecule has 3 rings (SSSR count). The summed E-state index contributed by atoms with van der Waals surface area (Å²) >= 11 is 6.25. The number of halogens is 1. The van der Waals surface area contributed by atoms with Crippen LogP contribution in [0.2, 0.25) is 5.02 Å². The molecule has 3 heteroatoms. The first-order valence-electron chi connectivity index (χ1n) is 6.71. The van der Waals surface area contributed by atoms with Crippen LogP contribution in [-0.4, -0.2) is 11.0 Å². The van der Waals surface area contributed by atoms with Crippen molar-refractivity contribution >= 4 is 11.6 Å². The summed E-state index contributed by atoms with van der Waals surface area (Å²) in [6.07, 6.45) is 7.22. The van der Waals surface area contributed by atoms with Crippen molar-refractivity contribution in [1.82, 2.24) is 10.3 Å². The maximum atomic E-state index is 6.25. The molecule has 19 heavy (non-hydrogen) atoms. The highest BCUT2D eigenvalue weighted by Crippen LogP contribution is 2.23. The van der Waals surface area contributed by atoms with Gasteiger partial charge in [0.15, 0.2) is 0 Å². The minimum atomic E-state index is 0.707. The van der Waals surface area contributed by atoms with Crippen molar-refractivity contribution < 1.29 is 0 Å². The molecule has 1 aliphatic rings. The number of aromatic nitrogens is 1. The Hall–Kier alpha value is -1.38. The molecule has 0 atom stereocenters. The number of pyridine rings is 1. The van der Waals surface area contributed by atoms with Gasteiger partial charge in [0, 0.05) is 30.0 Å². The molecular formula is C16H17ClN2. The van der Waals surface area contributed by atoms with E-state index in [1.807, 2.05) is 18.3 Å². The van der Waals surface area contributed by atoms with Crippen LogP contribution in [0.4, 0.5) is 0 Å². The van der Waals surface area contributed by atoms with E-state index in [1.165, 1.54) is 29.5 Å². The van der Waals surface area contributed by atoms with E-state index in [9.17, 15) is 0 Å². The van der Waals surface area contributed by atoms with Gasteiger partial charge in [0.25, 0.3) is 0 Å². The largest absolute Gasteiger partial charge is 0.310 e. The molecule has 0 radical (unpaired) electrons. The highest BCUT2D eigenvalue weighted by molar-refractivity contribution is 6.31. The van der Waals surface area contributed by atoms with Crippen molar-refractivity contribution in [2.75, 3.05) is 0 Å². The molecule has 0 amide bonds. The summed E-state index contributed by atoms with van der Waals surface area (Å²) in [5.41, 5.74) is 3.70. The minimum Gasteiger partial charge on any atom is -0.310 e. The number of rotatable bonds is 5. The zero-order chi connectivity index (χ0) is 13.1. The lowest BCUT2D eigenvalue weighted by atomic mass is 10.0. The molecule has 0 saturated heterocycles. The zero-order valence-electron chi connectivity index (χ0n) is 10.8. The second kappa shape index (κ2) is 5.72. The fourth-order valence-corrected chi connectivity index (χ4v) is 2.34. The second-order valence-corrected chi connectivity index (χ2v) is 5.53. The summed E-state index contributed by atoms with van der Waals surface area (Å²) in [6.45, 7) is 0.865. The van der Waals surface area contributed by atoms with Crippen LogP contribution in [0.25, 0.3) is 0 Å². The lowest BCUT2D eigenvalue weighted by molar-refractivity contribution is 0.687. The Kier molecular flexibility index (Phi) is 3.81. The van der Waals surface area contributed by atoms with Crippen molar-refractivity contribution in [2.24, 2.45) is 0 Å². The normalized spacial score (nSPS) is 14.6. The molecule has 1 fully saturated rings. The molecule has 0 unspecified atom stereocenters. The number of benzene rings is 1. The third kappa shape index (κ3) is 3.55. The van der Waals surface area contributed by atoms with Crippen LogP contribution in [0.5, 0.6) is 0 Å². The van der Waals surface area contributed by atoms with Gasteiger partial charge in [-0.3, -0.25) is 4.98 Å². The number of hydrogen-bond donors (Lipinski definition) is 1. The molecule has 1 aromatic carbocycles. The monoisotopic (exact) mass is 272 g/mol. The third-order valence-electron chi connectivity index (χ3n) is 3.40.